The summed E-state index contributed by atoms with van der Waals surface area (Å²) in [5, 5.41) is -0.691. The Bertz CT molecular complexity index is 575. The van der Waals surface area contributed by atoms with Gasteiger partial charge in [0.2, 0.25) is 11.0 Å². The molecule has 0 aliphatic rings. The molecule has 6 nitrogen and oxygen atoms in total. The molecule has 20 heavy (non-hydrogen) atoms. The summed E-state index contributed by atoms with van der Waals surface area (Å²) >= 11 is 0. The first-order chi connectivity index (χ1) is 9.01. The fraction of sp³-hybridized carbons (Fsp3) is 0.545. The topological polar surface area (TPSA) is 88.4 Å². The van der Waals surface area contributed by atoms with Crippen molar-refractivity contribution in [3.05, 3.63) is 17.9 Å². The first-order valence-corrected chi connectivity index (χ1v) is 7.18. The molecule has 0 spiro atoms. The van der Waals surface area contributed by atoms with E-state index in [0.29, 0.717) is 0 Å². The van der Waals surface area contributed by atoms with Gasteiger partial charge >= 0.3 is 0 Å². The third-order valence-electron chi connectivity index (χ3n) is 2.10. The average molecular weight is 310 g/mol. The maximum absolute atomic E-state index is 12.3. The largest absolute Gasteiger partial charge is 0.442 e. The fourth-order valence-electron chi connectivity index (χ4n) is 1.30. The quantitative estimate of drug-likeness (QED) is 0.814. The molecular weight excluding hydrogens is 294 g/mol. The molecule has 1 rings (SSSR count). The van der Waals surface area contributed by atoms with Gasteiger partial charge in [-0.1, -0.05) is 20.8 Å². The SMILES string of the molecule is CC(C)(C)CC(=O)NNS(=O)(=O)c1ccc(C(F)F)o1. The van der Waals surface area contributed by atoms with Gasteiger partial charge in [0.15, 0.2) is 5.76 Å². The summed E-state index contributed by atoms with van der Waals surface area (Å²) < 4.78 is 52.4. The van der Waals surface area contributed by atoms with Crippen molar-refractivity contribution in [2.24, 2.45) is 5.41 Å². The molecular formula is C11H16F2N2O4S. The van der Waals surface area contributed by atoms with Crippen molar-refractivity contribution in [1.29, 1.82) is 0 Å². The standard InChI is InChI=1S/C11H16F2N2O4S/c1-11(2,3)6-8(16)14-15-20(17,18)9-5-4-7(19-9)10(12)13/h4-5,10,15H,6H2,1-3H3,(H,14,16). The summed E-state index contributed by atoms with van der Waals surface area (Å²) in [5.41, 5.74) is 1.68. The number of alkyl halides is 2. The van der Waals surface area contributed by atoms with Gasteiger partial charge in [0.05, 0.1) is 0 Å². The molecule has 1 aromatic rings. The minimum absolute atomic E-state index is 0.0932. The second kappa shape index (κ2) is 5.88. The van der Waals surface area contributed by atoms with E-state index in [4.69, 9.17) is 0 Å². The molecule has 0 saturated heterocycles. The average Bonchev–Trinajstić information content (AvgIpc) is 2.74. The van der Waals surface area contributed by atoms with Gasteiger partial charge in [-0.05, 0) is 17.5 Å². The molecule has 0 atom stereocenters. The van der Waals surface area contributed by atoms with Crippen molar-refractivity contribution in [1.82, 2.24) is 10.3 Å². The van der Waals surface area contributed by atoms with Crippen LogP contribution >= 0.6 is 0 Å². The van der Waals surface area contributed by atoms with Gasteiger partial charge in [-0.15, -0.1) is 4.83 Å². The van der Waals surface area contributed by atoms with Gasteiger partial charge < -0.3 is 4.42 Å². The number of hydrazine groups is 1. The number of nitrogens with one attached hydrogen (secondary N) is 2. The molecule has 0 saturated carbocycles. The number of hydrogen-bond donors (Lipinski definition) is 2. The van der Waals surface area contributed by atoms with E-state index < -0.39 is 33.2 Å². The number of furan rings is 1. The Hall–Kier alpha value is -1.48. The zero-order chi connectivity index (χ0) is 15.6. The summed E-state index contributed by atoms with van der Waals surface area (Å²) in [4.78, 5) is 13.2. The zero-order valence-electron chi connectivity index (χ0n) is 11.2. The van der Waals surface area contributed by atoms with Crippen LogP contribution < -0.4 is 10.3 Å². The molecule has 0 aliphatic carbocycles. The molecule has 1 amide bonds. The number of hydrogen-bond acceptors (Lipinski definition) is 4. The second-order valence-corrected chi connectivity index (χ2v) is 6.96. The Morgan fingerprint density at radius 3 is 2.40 bits per heavy atom. The van der Waals surface area contributed by atoms with Crippen molar-refractivity contribution in [3.8, 4) is 0 Å². The zero-order valence-corrected chi connectivity index (χ0v) is 12.1. The van der Waals surface area contributed by atoms with Gasteiger partial charge in [0.1, 0.15) is 0 Å². The molecule has 0 unspecified atom stereocenters. The monoisotopic (exact) mass is 310 g/mol. The number of rotatable bonds is 5. The van der Waals surface area contributed by atoms with Crippen LogP contribution in [-0.4, -0.2) is 14.3 Å². The van der Waals surface area contributed by atoms with Crippen LogP contribution in [0.1, 0.15) is 39.4 Å². The van der Waals surface area contributed by atoms with E-state index in [9.17, 15) is 22.0 Å². The van der Waals surface area contributed by atoms with Crippen LogP contribution in [0.15, 0.2) is 21.6 Å². The maximum atomic E-state index is 12.3. The third-order valence-corrected chi connectivity index (χ3v) is 3.22. The molecule has 0 aromatic carbocycles. The molecule has 0 bridgehead atoms. The predicted octanol–water partition coefficient (Wildman–Crippen LogP) is 1.96. The minimum atomic E-state index is -4.21. The van der Waals surface area contributed by atoms with E-state index in [1.54, 1.807) is 4.83 Å². The normalized spacial score (nSPS) is 12.7. The van der Waals surface area contributed by atoms with Crippen LogP contribution in [0.5, 0.6) is 0 Å². The first-order valence-electron chi connectivity index (χ1n) is 5.70. The van der Waals surface area contributed by atoms with Gasteiger partial charge in [-0.25, -0.2) is 17.2 Å². The fourth-order valence-corrected chi connectivity index (χ4v) is 2.10. The molecule has 2 N–H and O–H groups in total. The Balaban J connectivity index is 2.68. The summed E-state index contributed by atoms with van der Waals surface area (Å²) in [6.45, 7) is 5.42. The minimum Gasteiger partial charge on any atom is -0.442 e. The van der Waals surface area contributed by atoms with E-state index in [0.717, 1.165) is 12.1 Å². The van der Waals surface area contributed by atoms with E-state index in [1.165, 1.54) is 0 Å². The number of halogens is 2. The van der Waals surface area contributed by atoms with E-state index in [2.05, 4.69) is 4.42 Å². The molecule has 0 fully saturated rings. The molecule has 1 aromatic heterocycles. The smallest absolute Gasteiger partial charge is 0.295 e. The highest BCUT2D eigenvalue weighted by Gasteiger charge is 2.23. The highest BCUT2D eigenvalue weighted by atomic mass is 32.2. The van der Waals surface area contributed by atoms with Crippen LogP contribution in [-0.2, 0) is 14.8 Å². The summed E-state index contributed by atoms with van der Waals surface area (Å²) in [6.07, 6.45) is -2.81. The van der Waals surface area contributed by atoms with E-state index in [-0.39, 0.29) is 11.8 Å². The molecule has 0 aliphatic heterocycles. The van der Waals surface area contributed by atoms with Crippen molar-refractivity contribution < 1.29 is 26.4 Å². The van der Waals surface area contributed by atoms with Crippen molar-refractivity contribution in [2.45, 2.75) is 38.7 Å². The number of sulfonamides is 1. The molecule has 114 valence electrons. The highest BCUT2D eigenvalue weighted by molar-refractivity contribution is 7.89. The van der Waals surface area contributed by atoms with E-state index >= 15 is 0 Å². The lowest BCUT2D eigenvalue weighted by Gasteiger charge is -2.17. The Morgan fingerprint density at radius 1 is 1.35 bits per heavy atom. The Labute approximate surface area is 115 Å². The van der Waals surface area contributed by atoms with Crippen LogP contribution in [0.3, 0.4) is 0 Å². The summed E-state index contributed by atoms with van der Waals surface area (Å²) in [6, 6.07) is 1.75. The maximum Gasteiger partial charge on any atom is 0.295 e. The van der Waals surface area contributed by atoms with Gasteiger partial charge in [-0.2, -0.15) is 0 Å². The van der Waals surface area contributed by atoms with Crippen LogP contribution in [0.4, 0.5) is 8.78 Å². The first kappa shape index (κ1) is 16.6. The van der Waals surface area contributed by atoms with E-state index in [1.807, 2.05) is 26.2 Å². The lowest BCUT2D eigenvalue weighted by Crippen LogP contribution is -2.42. The third kappa shape index (κ3) is 4.89. The second-order valence-electron chi connectivity index (χ2n) is 5.35. The van der Waals surface area contributed by atoms with Crippen LogP contribution in [0.2, 0.25) is 0 Å². The lowest BCUT2D eigenvalue weighted by atomic mass is 9.92. The van der Waals surface area contributed by atoms with Crippen LogP contribution in [0, 0.1) is 5.41 Å². The predicted molar refractivity (Wildman–Crippen MR) is 66.2 cm³/mol. The number of carbonyl (C=O) groups excluding carboxylic acids is 1. The molecule has 9 heteroatoms. The van der Waals surface area contributed by atoms with Crippen LogP contribution in [0.25, 0.3) is 0 Å². The highest BCUT2D eigenvalue weighted by Crippen LogP contribution is 2.23. The molecule has 1 heterocycles. The number of amides is 1. The number of carbonyl (C=O) groups is 1. The van der Waals surface area contributed by atoms with Crippen molar-refractivity contribution in [3.63, 3.8) is 0 Å². The van der Waals surface area contributed by atoms with Crippen molar-refractivity contribution >= 4 is 15.9 Å². The van der Waals surface area contributed by atoms with Gasteiger partial charge in [-0.3, -0.25) is 10.2 Å². The van der Waals surface area contributed by atoms with Gasteiger partial charge in [0.25, 0.3) is 16.4 Å². The summed E-state index contributed by atoms with van der Waals surface area (Å²) in [7, 11) is -4.21. The van der Waals surface area contributed by atoms with Gasteiger partial charge in [0, 0.05) is 6.42 Å². The Kier molecular flexibility index (Phi) is 4.87. The Morgan fingerprint density at radius 2 is 1.95 bits per heavy atom. The van der Waals surface area contributed by atoms with Crippen molar-refractivity contribution in [2.75, 3.05) is 0 Å². The lowest BCUT2D eigenvalue weighted by molar-refractivity contribution is -0.123. The molecule has 0 radical (unpaired) electrons. The summed E-state index contributed by atoms with van der Waals surface area (Å²) in [5.74, 6) is -1.30.